The summed E-state index contributed by atoms with van der Waals surface area (Å²) in [5.74, 6) is 0.807. The van der Waals surface area contributed by atoms with Crippen molar-refractivity contribution in [1.29, 1.82) is 0 Å². The lowest BCUT2D eigenvalue weighted by atomic mass is 10.1. The monoisotopic (exact) mass is 332 g/mol. The molecule has 4 nitrogen and oxygen atoms in total. The predicted molar refractivity (Wildman–Crippen MR) is 93.1 cm³/mol. The lowest BCUT2D eigenvalue weighted by Gasteiger charge is -2.15. The van der Waals surface area contributed by atoms with Crippen LogP contribution in [-0.4, -0.2) is 19.2 Å². The van der Waals surface area contributed by atoms with Crippen LogP contribution in [0.4, 0.5) is 4.79 Å². The summed E-state index contributed by atoms with van der Waals surface area (Å²) in [7, 11) is 0. The molecule has 0 aromatic heterocycles. The highest BCUT2D eigenvalue weighted by atomic mass is 35.5. The van der Waals surface area contributed by atoms with E-state index in [1.54, 1.807) is 0 Å². The van der Waals surface area contributed by atoms with E-state index < -0.39 is 0 Å². The molecule has 0 saturated heterocycles. The van der Waals surface area contributed by atoms with Gasteiger partial charge in [0, 0.05) is 5.02 Å². The molecule has 0 aliphatic rings. The Labute approximate surface area is 141 Å². The van der Waals surface area contributed by atoms with E-state index in [1.807, 2.05) is 62.4 Å². The van der Waals surface area contributed by atoms with Crippen LogP contribution in [0.15, 0.2) is 48.5 Å². The van der Waals surface area contributed by atoms with E-state index in [9.17, 15) is 4.79 Å². The third kappa shape index (κ3) is 5.83. The number of rotatable bonds is 6. The normalized spacial score (nSPS) is 11.6. The van der Waals surface area contributed by atoms with Crippen LogP contribution in [0.2, 0.25) is 5.02 Å². The Bertz CT molecular complexity index is 644. The summed E-state index contributed by atoms with van der Waals surface area (Å²) in [5, 5.41) is 6.33. The summed E-state index contributed by atoms with van der Waals surface area (Å²) in [5.41, 5.74) is 2.14. The van der Waals surface area contributed by atoms with Gasteiger partial charge in [0.15, 0.2) is 0 Å². The summed E-state index contributed by atoms with van der Waals surface area (Å²) >= 11 is 5.85. The number of halogens is 1. The average Bonchev–Trinajstić information content (AvgIpc) is 2.52. The minimum absolute atomic E-state index is 0.0926. The van der Waals surface area contributed by atoms with E-state index in [2.05, 4.69) is 10.6 Å². The highest BCUT2D eigenvalue weighted by Crippen LogP contribution is 2.15. The van der Waals surface area contributed by atoms with Crippen molar-refractivity contribution in [3.05, 3.63) is 64.7 Å². The molecule has 5 heteroatoms. The number of benzene rings is 2. The van der Waals surface area contributed by atoms with E-state index in [0.717, 1.165) is 16.9 Å². The Balaban J connectivity index is 1.69. The Morgan fingerprint density at radius 2 is 1.96 bits per heavy atom. The topological polar surface area (TPSA) is 50.4 Å². The number of carbonyl (C=O) groups excluding carboxylic acids is 1. The minimum Gasteiger partial charge on any atom is -0.492 e. The molecule has 0 aliphatic carbocycles. The molecule has 2 aromatic rings. The van der Waals surface area contributed by atoms with Crippen molar-refractivity contribution >= 4 is 17.6 Å². The first-order valence-electron chi connectivity index (χ1n) is 7.54. The van der Waals surface area contributed by atoms with Gasteiger partial charge >= 0.3 is 6.03 Å². The quantitative estimate of drug-likeness (QED) is 0.783. The highest BCUT2D eigenvalue weighted by molar-refractivity contribution is 6.30. The molecule has 1 atom stereocenters. The molecular formula is C18H21ClN2O2. The van der Waals surface area contributed by atoms with Gasteiger partial charge in [-0.3, -0.25) is 0 Å². The van der Waals surface area contributed by atoms with Crippen LogP contribution in [-0.2, 0) is 0 Å². The summed E-state index contributed by atoms with van der Waals surface area (Å²) in [6, 6.07) is 14.9. The van der Waals surface area contributed by atoms with Crippen LogP contribution >= 0.6 is 11.6 Å². The Hall–Kier alpha value is -2.20. The molecule has 0 heterocycles. The van der Waals surface area contributed by atoms with E-state index in [4.69, 9.17) is 16.3 Å². The zero-order valence-electron chi connectivity index (χ0n) is 13.3. The van der Waals surface area contributed by atoms with E-state index in [-0.39, 0.29) is 12.1 Å². The molecule has 0 saturated carbocycles. The molecule has 2 N–H and O–H groups in total. The number of carbonyl (C=O) groups is 1. The van der Waals surface area contributed by atoms with Crippen LogP contribution in [0.3, 0.4) is 0 Å². The van der Waals surface area contributed by atoms with Crippen molar-refractivity contribution in [3.8, 4) is 5.75 Å². The number of urea groups is 1. The number of hydrogen-bond acceptors (Lipinski definition) is 2. The second kappa shape index (κ2) is 8.44. The molecule has 2 rings (SSSR count). The minimum atomic E-state index is -0.222. The fourth-order valence-corrected chi connectivity index (χ4v) is 2.25. The summed E-state index contributed by atoms with van der Waals surface area (Å²) in [4.78, 5) is 11.9. The van der Waals surface area contributed by atoms with Crippen molar-refractivity contribution < 1.29 is 9.53 Å². The average molecular weight is 333 g/mol. The maximum atomic E-state index is 11.9. The third-order valence-corrected chi connectivity index (χ3v) is 3.62. The second-order valence-electron chi connectivity index (χ2n) is 5.34. The van der Waals surface area contributed by atoms with Gasteiger partial charge in [-0.15, -0.1) is 0 Å². The fraction of sp³-hybridized carbons (Fsp3) is 0.278. The van der Waals surface area contributed by atoms with Gasteiger partial charge in [-0.2, -0.15) is 0 Å². The van der Waals surface area contributed by atoms with E-state index in [1.165, 1.54) is 0 Å². The van der Waals surface area contributed by atoms with Gasteiger partial charge in [-0.1, -0.05) is 35.9 Å². The van der Waals surface area contributed by atoms with Crippen LogP contribution in [0.1, 0.15) is 24.1 Å². The number of hydrogen-bond donors (Lipinski definition) is 2. The van der Waals surface area contributed by atoms with Crippen molar-refractivity contribution in [3.63, 3.8) is 0 Å². The van der Waals surface area contributed by atoms with Gasteiger partial charge < -0.3 is 15.4 Å². The van der Waals surface area contributed by atoms with Gasteiger partial charge in [-0.25, -0.2) is 4.79 Å². The van der Waals surface area contributed by atoms with Gasteiger partial charge in [0.05, 0.1) is 12.6 Å². The molecule has 2 aromatic carbocycles. The van der Waals surface area contributed by atoms with Crippen molar-refractivity contribution in [2.75, 3.05) is 13.2 Å². The first-order chi connectivity index (χ1) is 11.0. The molecule has 0 bridgehead atoms. The molecule has 0 aliphatic heterocycles. The van der Waals surface area contributed by atoms with Crippen LogP contribution in [0, 0.1) is 6.92 Å². The third-order valence-electron chi connectivity index (χ3n) is 3.36. The zero-order chi connectivity index (χ0) is 16.7. The Morgan fingerprint density at radius 1 is 1.22 bits per heavy atom. The van der Waals surface area contributed by atoms with E-state index >= 15 is 0 Å². The molecule has 0 spiro atoms. The van der Waals surface area contributed by atoms with Crippen LogP contribution in [0.25, 0.3) is 0 Å². The standard InChI is InChI=1S/C18H21ClN2O2/c1-13-4-3-5-17(12-13)23-11-10-20-18(22)21-14(2)15-6-8-16(19)9-7-15/h3-9,12,14H,10-11H2,1-2H3,(H2,20,21,22). The SMILES string of the molecule is Cc1cccc(OCCNC(=O)NC(C)c2ccc(Cl)cc2)c1. The van der Waals surface area contributed by atoms with Gasteiger partial charge in [0.1, 0.15) is 12.4 Å². The first-order valence-corrected chi connectivity index (χ1v) is 7.91. The van der Waals surface area contributed by atoms with Gasteiger partial charge in [0.2, 0.25) is 0 Å². The summed E-state index contributed by atoms with van der Waals surface area (Å²) in [6.45, 7) is 4.79. The lowest BCUT2D eigenvalue weighted by molar-refractivity contribution is 0.233. The van der Waals surface area contributed by atoms with Crippen molar-refractivity contribution in [1.82, 2.24) is 10.6 Å². The zero-order valence-corrected chi connectivity index (χ0v) is 14.1. The number of amides is 2. The molecule has 0 radical (unpaired) electrons. The van der Waals surface area contributed by atoms with Crippen LogP contribution < -0.4 is 15.4 Å². The summed E-state index contributed by atoms with van der Waals surface area (Å²) in [6.07, 6.45) is 0. The number of aryl methyl sites for hydroxylation is 1. The lowest BCUT2D eigenvalue weighted by Crippen LogP contribution is -2.38. The van der Waals surface area contributed by atoms with Gasteiger partial charge in [-0.05, 0) is 49.2 Å². The molecular weight excluding hydrogens is 312 g/mol. The smallest absolute Gasteiger partial charge is 0.315 e. The Morgan fingerprint density at radius 3 is 2.65 bits per heavy atom. The maximum Gasteiger partial charge on any atom is 0.315 e. The molecule has 2 amide bonds. The molecule has 23 heavy (non-hydrogen) atoms. The molecule has 0 fully saturated rings. The van der Waals surface area contributed by atoms with Gasteiger partial charge in [0.25, 0.3) is 0 Å². The van der Waals surface area contributed by atoms with Crippen LogP contribution in [0.5, 0.6) is 5.75 Å². The highest BCUT2D eigenvalue weighted by Gasteiger charge is 2.08. The fourth-order valence-electron chi connectivity index (χ4n) is 2.12. The van der Waals surface area contributed by atoms with E-state index in [0.29, 0.717) is 18.2 Å². The van der Waals surface area contributed by atoms with Crippen molar-refractivity contribution in [2.45, 2.75) is 19.9 Å². The largest absolute Gasteiger partial charge is 0.492 e. The number of nitrogens with one attached hydrogen (secondary N) is 2. The molecule has 122 valence electrons. The maximum absolute atomic E-state index is 11.9. The summed E-state index contributed by atoms with van der Waals surface area (Å²) < 4.78 is 5.58. The van der Waals surface area contributed by atoms with Crippen molar-refractivity contribution in [2.24, 2.45) is 0 Å². The second-order valence-corrected chi connectivity index (χ2v) is 5.77. The molecule has 1 unspecified atom stereocenters. The first kappa shape index (κ1) is 17.2. The Kier molecular flexibility index (Phi) is 6.29. The predicted octanol–water partition coefficient (Wildman–Crippen LogP) is 4.09. The number of ether oxygens (including phenoxy) is 1.